The highest BCUT2D eigenvalue weighted by molar-refractivity contribution is 5.93. The number of carbonyl (C=O) groups excluding carboxylic acids is 1. The van der Waals surface area contributed by atoms with Crippen molar-refractivity contribution in [2.24, 2.45) is 0 Å². The zero-order valence-corrected chi connectivity index (χ0v) is 14.8. The summed E-state index contributed by atoms with van der Waals surface area (Å²) in [6, 6.07) is 6.26. The summed E-state index contributed by atoms with van der Waals surface area (Å²) in [6.07, 6.45) is 0. The Morgan fingerprint density at radius 3 is 2.65 bits per heavy atom. The summed E-state index contributed by atoms with van der Waals surface area (Å²) in [4.78, 5) is 14.7. The fraction of sp³-hybridized carbons (Fsp3) is 0.471. The third-order valence-corrected chi connectivity index (χ3v) is 4.70. The van der Waals surface area contributed by atoms with E-state index in [-0.39, 0.29) is 23.7 Å². The van der Waals surface area contributed by atoms with Gasteiger partial charge < -0.3 is 15.0 Å². The van der Waals surface area contributed by atoms with E-state index in [1.165, 1.54) is 16.8 Å². The molecule has 2 atom stereocenters. The first-order valence-electron chi connectivity index (χ1n) is 8.40. The van der Waals surface area contributed by atoms with Crippen LogP contribution in [0.25, 0.3) is 5.69 Å². The van der Waals surface area contributed by atoms with Crippen molar-refractivity contribution in [3.63, 3.8) is 0 Å². The number of ether oxygens (including phenoxy) is 1. The van der Waals surface area contributed by atoms with Crippen molar-refractivity contribution in [2.75, 3.05) is 13.1 Å². The van der Waals surface area contributed by atoms with Crippen LogP contribution in [0.3, 0.4) is 0 Å². The summed E-state index contributed by atoms with van der Waals surface area (Å²) in [5.74, 6) is -0.103. The normalized spacial score (nSPS) is 20.5. The molecule has 0 radical (unpaired) electrons. The lowest BCUT2D eigenvalue weighted by atomic mass is 10.1. The molecule has 0 aliphatic carbocycles. The van der Waals surface area contributed by atoms with Crippen molar-refractivity contribution < 1.29 is 18.3 Å². The van der Waals surface area contributed by atoms with E-state index in [1.807, 2.05) is 13.8 Å². The first-order valence-corrected chi connectivity index (χ1v) is 8.40. The lowest BCUT2D eigenvalue weighted by molar-refractivity contribution is -0.0498. The maximum Gasteiger partial charge on any atom is 0.387 e. The molecule has 2 heterocycles. The van der Waals surface area contributed by atoms with Crippen molar-refractivity contribution in [3.05, 3.63) is 35.7 Å². The number of alkyl halides is 2. The quantitative estimate of drug-likeness (QED) is 0.897. The number of hydrogen-bond acceptors (Lipinski definition) is 5. The molecule has 1 aromatic heterocycles. The SMILES string of the molecule is Cc1c(C(=O)N2CCNC(C)C2C)nnn1-c1ccc(OC(F)F)cc1. The highest BCUT2D eigenvalue weighted by Gasteiger charge is 2.31. The van der Waals surface area contributed by atoms with Crippen LogP contribution in [-0.4, -0.2) is 57.6 Å². The van der Waals surface area contributed by atoms with E-state index in [4.69, 9.17) is 0 Å². The Morgan fingerprint density at radius 2 is 2.00 bits per heavy atom. The molecule has 1 amide bonds. The second-order valence-electron chi connectivity index (χ2n) is 6.29. The number of nitrogens with zero attached hydrogens (tertiary/aromatic N) is 4. The minimum atomic E-state index is -2.87. The largest absolute Gasteiger partial charge is 0.435 e. The van der Waals surface area contributed by atoms with Crippen molar-refractivity contribution in [1.29, 1.82) is 0 Å². The third kappa shape index (κ3) is 3.52. The molecule has 26 heavy (non-hydrogen) atoms. The minimum absolute atomic E-state index is 0.0478. The summed E-state index contributed by atoms with van der Waals surface area (Å²) >= 11 is 0. The van der Waals surface area contributed by atoms with E-state index in [2.05, 4.69) is 20.4 Å². The van der Waals surface area contributed by atoms with Crippen LogP contribution >= 0.6 is 0 Å². The van der Waals surface area contributed by atoms with Gasteiger partial charge in [0, 0.05) is 25.2 Å². The van der Waals surface area contributed by atoms with Gasteiger partial charge in [0.2, 0.25) is 0 Å². The Bertz CT molecular complexity index is 778. The number of benzene rings is 1. The number of halogens is 2. The van der Waals surface area contributed by atoms with Gasteiger partial charge in [-0.25, -0.2) is 4.68 Å². The number of nitrogens with one attached hydrogen (secondary N) is 1. The van der Waals surface area contributed by atoms with Crippen LogP contribution in [0.5, 0.6) is 5.75 Å². The molecule has 1 N–H and O–H groups in total. The molecular formula is C17H21F2N5O2. The molecule has 9 heteroatoms. The van der Waals surface area contributed by atoms with Crippen LogP contribution < -0.4 is 10.1 Å². The van der Waals surface area contributed by atoms with E-state index in [1.54, 1.807) is 24.0 Å². The number of carbonyl (C=O) groups is 1. The maximum atomic E-state index is 12.9. The molecule has 1 aromatic carbocycles. The van der Waals surface area contributed by atoms with Crippen LogP contribution in [0, 0.1) is 6.92 Å². The molecule has 0 bridgehead atoms. The molecule has 0 saturated carbocycles. The third-order valence-electron chi connectivity index (χ3n) is 4.70. The van der Waals surface area contributed by atoms with Gasteiger partial charge in [0.15, 0.2) is 5.69 Å². The second-order valence-corrected chi connectivity index (χ2v) is 6.29. The van der Waals surface area contributed by atoms with Crippen molar-refractivity contribution in [2.45, 2.75) is 39.5 Å². The molecule has 1 aliphatic rings. The van der Waals surface area contributed by atoms with Crippen LogP contribution in [-0.2, 0) is 0 Å². The van der Waals surface area contributed by atoms with Gasteiger partial charge in [-0.1, -0.05) is 5.21 Å². The lowest BCUT2D eigenvalue weighted by Gasteiger charge is -2.38. The summed E-state index contributed by atoms with van der Waals surface area (Å²) in [5.41, 5.74) is 1.49. The van der Waals surface area contributed by atoms with Crippen molar-refractivity contribution in [1.82, 2.24) is 25.2 Å². The Balaban J connectivity index is 1.82. The Hall–Kier alpha value is -2.55. The summed E-state index contributed by atoms with van der Waals surface area (Å²) in [5, 5.41) is 11.4. The first-order chi connectivity index (χ1) is 12.4. The number of amides is 1. The topological polar surface area (TPSA) is 72.3 Å². The van der Waals surface area contributed by atoms with Crippen LogP contribution in [0.1, 0.15) is 30.0 Å². The fourth-order valence-electron chi connectivity index (χ4n) is 3.02. The van der Waals surface area contributed by atoms with Crippen LogP contribution in [0.4, 0.5) is 8.78 Å². The van der Waals surface area contributed by atoms with E-state index < -0.39 is 6.61 Å². The molecular weight excluding hydrogens is 344 g/mol. The summed E-state index contributed by atoms with van der Waals surface area (Å²) in [6.45, 7) is 4.26. The molecule has 1 aliphatic heterocycles. The lowest BCUT2D eigenvalue weighted by Crippen LogP contribution is -2.57. The average molecular weight is 365 g/mol. The van der Waals surface area contributed by atoms with Gasteiger partial charge in [-0.2, -0.15) is 8.78 Å². The number of hydrogen-bond donors (Lipinski definition) is 1. The van der Waals surface area contributed by atoms with Gasteiger partial charge in [-0.05, 0) is 45.0 Å². The van der Waals surface area contributed by atoms with E-state index in [9.17, 15) is 13.6 Å². The molecule has 3 rings (SSSR count). The second kappa shape index (κ2) is 7.36. The Kier molecular flexibility index (Phi) is 5.17. The van der Waals surface area contributed by atoms with Crippen molar-refractivity contribution >= 4 is 5.91 Å². The van der Waals surface area contributed by atoms with Gasteiger partial charge in [-0.15, -0.1) is 5.10 Å². The Labute approximate surface area is 149 Å². The zero-order valence-electron chi connectivity index (χ0n) is 14.8. The van der Waals surface area contributed by atoms with E-state index >= 15 is 0 Å². The smallest absolute Gasteiger partial charge is 0.387 e. The zero-order chi connectivity index (χ0) is 18.8. The highest BCUT2D eigenvalue weighted by Crippen LogP contribution is 2.20. The van der Waals surface area contributed by atoms with Crippen molar-refractivity contribution in [3.8, 4) is 11.4 Å². The molecule has 7 nitrogen and oxygen atoms in total. The fourth-order valence-corrected chi connectivity index (χ4v) is 3.02. The predicted molar refractivity (Wildman–Crippen MR) is 90.7 cm³/mol. The van der Waals surface area contributed by atoms with Crippen LogP contribution in [0.2, 0.25) is 0 Å². The summed E-state index contributed by atoms with van der Waals surface area (Å²) in [7, 11) is 0. The van der Waals surface area contributed by atoms with Gasteiger partial charge >= 0.3 is 6.61 Å². The van der Waals surface area contributed by atoms with Gasteiger partial charge in [0.1, 0.15) is 5.75 Å². The van der Waals surface area contributed by atoms with E-state index in [0.29, 0.717) is 23.6 Å². The Morgan fingerprint density at radius 1 is 1.31 bits per heavy atom. The van der Waals surface area contributed by atoms with Gasteiger partial charge in [0.25, 0.3) is 5.91 Å². The van der Waals surface area contributed by atoms with Crippen LogP contribution in [0.15, 0.2) is 24.3 Å². The molecule has 0 spiro atoms. The standard InChI is InChI=1S/C17H21F2N5O2/c1-10-11(2)23(9-8-20-10)16(25)15-12(3)24(22-21-15)13-4-6-14(7-5-13)26-17(18)19/h4-7,10-11,17,20H,8-9H2,1-3H3. The molecule has 1 fully saturated rings. The van der Waals surface area contributed by atoms with Gasteiger partial charge in [0.05, 0.1) is 11.4 Å². The predicted octanol–water partition coefficient (Wildman–Crippen LogP) is 2.00. The number of piperazine rings is 1. The van der Waals surface area contributed by atoms with Gasteiger partial charge in [-0.3, -0.25) is 4.79 Å². The molecule has 2 unspecified atom stereocenters. The van der Waals surface area contributed by atoms with E-state index in [0.717, 1.165) is 6.54 Å². The average Bonchev–Trinajstić information content (AvgIpc) is 2.98. The molecule has 1 saturated heterocycles. The molecule has 2 aromatic rings. The summed E-state index contributed by atoms with van der Waals surface area (Å²) < 4.78 is 30.3. The number of rotatable bonds is 4. The highest BCUT2D eigenvalue weighted by atomic mass is 19.3. The molecule has 140 valence electrons. The number of aromatic nitrogens is 3. The first kappa shape index (κ1) is 18.2. The maximum absolute atomic E-state index is 12.9. The minimum Gasteiger partial charge on any atom is -0.435 e. The monoisotopic (exact) mass is 365 g/mol.